The SMILES string of the molecule is COC(=O)CCCNC(=O)CSc1nnc(-c2ccc(Cl)cc2Cl)n1-c1ccccc1. The van der Waals surface area contributed by atoms with Crippen molar-refractivity contribution in [2.45, 2.75) is 18.0 Å². The number of ether oxygens (including phenoxy) is 1. The molecule has 1 N–H and O–H groups in total. The third-order valence-electron chi connectivity index (χ3n) is 4.26. The maximum atomic E-state index is 12.2. The number of methoxy groups -OCH3 is 1. The van der Waals surface area contributed by atoms with Crippen LogP contribution >= 0.6 is 35.0 Å². The summed E-state index contributed by atoms with van der Waals surface area (Å²) in [7, 11) is 1.34. The summed E-state index contributed by atoms with van der Waals surface area (Å²) >= 11 is 13.7. The van der Waals surface area contributed by atoms with Crippen LogP contribution in [0.1, 0.15) is 12.8 Å². The predicted octanol–water partition coefficient (Wildman–Crippen LogP) is 4.40. The molecule has 2 aromatic carbocycles. The number of carbonyl (C=O) groups excluding carboxylic acids is 2. The second-order valence-electron chi connectivity index (χ2n) is 6.42. The first kappa shape index (κ1) is 23.1. The fraction of sp³-hybridized carbons (Fsp3) is 0.238. The van der Waals surface area contributed by atoms with Crippen molar-refractivity contribution in [1.82, 2.24) is 20.1 Å². The number of esters is 1. The zero-order valence-corrected chi connectivity index (χ0v) is 19.0. The third-order valence-corrected chi connectivity index (χ3v) is 5.74. The molecule has 0 radical (unpaired) electrons. The Morgan fingerprint density at radius 2 is 1.90 bits per heavy atom. The minimum absolute atomic E-state index is 0.150. The van der Waals surface area contributed by atoms with Gasteiger partial charge in [-0.15, -0.1) is 10.2 Å². The summed E-state index contributed by atoms with van der Waals surface area (Å²) in [4.78, 5) is 23.3. The number of nitrogens with one attached hydrogen (secondary N) is 1. The van der Waals surface area contributed by atoms with E-state index in [1.807, 2.05) is 34.9 Å². The Balaban J connectivity index is 1.76. The molecule has 1 amide bonds. The summed E-state index contributed by atoms with van der Waals surface area (Å²) in [5, 5.41) is 12.9. The van der Waals surface area contributed by atoms with Crippen molar-refractivity contribution in [2.24, 2.45) is 0 Å². The zero-order valence-electron chi connectivity index (χ0n) is 16.7. The van der Waals surface area contributed by atoms with Gasteiger partial charge in [0.15, 0.2) is 11.0 Å². The molecular formula is C21H20Cl2N4O3S. The van der Waals surface area contributed by atoms with E-state index in [9.17, 15) is 9.59 Å². The van der Waals surface area contributed by atoms with Gasteiger partial charge in [0, 0.05) is 29.2 Å². The van der Waals surface area contributed by atoms with Gasteiger partial charge in [0.1, 0.15) is 0 Å². The van der Waals surface area contributed by atoms with Crippen LogP contribution in [-0.4, -0.2) is 46.0 Å². The highest BCUT2D eigenvalue weighted by molar-refractivity contribution is 7.99. The number of nitrogens with zero attached hydrogens (tertiary/aromatic N) is 3. The molecule has 3 aromatic rings. The topological polar surface area (TPSA) is 86.1 Å². The largest absolute Gasteiger partial charge is 0.469 e. The van der Waals surface area contributed by atoms with Gasteiger partial charge >= 0.3 is 5.97 Å². The average molecular weight is 479 g/mol. The number of hydrogen-bond acceptors (Lipinski definition) is 6. The molecule has 162 valence electrons. The minimum Gasteiger partial charge on any atom is -0.469 e. The van der Waals surface area contributed by atoms with Gasteiger partial charge in [0.25, 0.3) is 0 Å². The lowest BCUT2D eigenvalue weighted by molar-refractivity contribution is -0.140. The quantitative estimate of drug-likeness (QED) is 0.278. The van der Waals surface area contributed by atoms with E-state index in [0.29, 0.717) is 39.6 Å². The van der Waals surface area contributed by atoms with E-state index in [-0.39, 0.29) is 24.1 Å². The molecule has 1 heterocycles. The molecule has 0 saturated heterocycles. The third kappa shape index (κ3) is 6.22. The van der Waals surface area contributed by atoms with Crippen LogP contribution in [0.25, 0.3) is 17.1 Å². The van der Waals surface area contributed by atoms with E-state index in [1.54, 1.807) is 18.2 Å². The predicted molar refractivity (Wildman–Crippen MR) is 122 cm³/mol. The number of carbonyl (C=O) groups is 2. The summed E-state index contributed by atoms with van der Waals surface area (Å²) in [6.07, 6.45) is 0.778. The van der Waals surface area contributed by atoms with Crippen molar-refractivity contribution in [3.8, 4) is 17.1 Å². The Hall–Kier alpha value is -2.55. The van der Waals surface area contributed by atoms with E-state index in [1.165, 1.54) is 18.9 Å². The molecular weight excluding hydrogens is 459 g/mol. The Morgan fingerprint density at radius 1 is 1.13 bits per heavy atom. The maximum absolute atomic E-state index is 12.2. The van der Waals surface area contributed by atoms with Crippen LogP contribution < -0.4 is 5.32 Å². The van der Waals surface area contributed by atoms with Gasteiger partial charge < -0.3 is 10.1 Å². The molecule has 7 nitrogen and oxygen atoms in total. The van der Waals surface area contributed by atoms with Crippen LogP contribution in [0.5, 0.6) is 0 Å². The van der Waals surface area contributed by atoms with Crippen molar-refractivity contribution in [3.63, 3.8) is 0 Å². The molecule has 0 spiro atoms. The van der Waals surface area contributed by atoms with Gasteiger partial charge in [-0.2, -0.15) is 0 Å². The van der Waals surface area contributed by atoms with Gasteiger partial charge in [0.05, 0.1) is 17.9 Å². The first-order chi connectivity index (χ1) is 15.0. The number of amides is 1. The Kier molecular flexibility index (Phi) is 8.34. The number of halogens is 2. The van der Waals surface area contributed by atoms with Crippen LogP contribution in [-0.2, 0) is 14.3 Å². The normalized spacial score (nSPS) is 10.7. The van der Waals surface area contributed by atoms with E-state index in [4.69, 9.17) is 23.2 Å². The molecule has 31 heavy (non-hydrogen) atoms. The van der Waals surface area contributed by atoms with Gasteiger partial charge in [-0.05, 0) is 36.8 Å². The van der Waals surface area contributed by atoms with Crippen molar-refractivity contribution >= 4 is 46.8 Å². The number of aromatic nitrogens is 3. The molecule has 0 aliphatic carbocycles. The fourth-order valence-electron chi connectivity index (χ4n) is 2.76. The van der Waals surface area contributed by atoms with Gasteiger partial charge in [-0.3, -0.25) is 14.2 Å². The van der Waals surface area contributed by atoms with Crippen molar-refractivity contribution in [2.75, 3.05) is 19.4 Å². The highest BCUT2D eigenvalue weighted by atomic mass is 35.5. The van der Waals surface area contributed by atoms with E-state index in [0.717, 1.165) is 5.69 Å². The zero-order chi connectivity index (χ0) is 22.2. The Morgan fingerprint density at radius 3 is 2.61 bits per heavy atom. The van der Waals surface area contributed by atoms with Crippen LogP contribution in [0.2, 0.25) is 10.0 Å². The van der Waals surface area contributed by atoms with Crippen molar-refractivity contribution < 1.29 is 14.3 Å². The molecule has 0 aliphatic rings. The Labute approximate surface area is 194 Å². The average Bonchev–Trinajstić information content (AvgIpc) is 3.19. The van der Waals surface area contributed by atoms with E-state index in [2.05, 4.69) is 20.3 Å². The summed E-state index contributed by atoms with van der Waals surface area (Å²) in [5.41, 5.74) is 1.52. The highest BCUT2D eigenvalue weighted by Crippen LogP contribution is 2.33. The smallest absolute Gasteiger partial charge is 0.305 e. The molecule has 1 aromatic heterocycles. The summed E-state index contributed by atoms with van der Waals surface area (Å²) in [5.74, 6) is 0.239. The molecule has 0 atom stereocenters. The van der Waals surface area contributed by atoms with E-state index >= 15 is 0 Å². The fourth-order valence-corrected chi connectivity index (χ4v) is 4.04. The Bertz CT molecular complexity index is 1060. The molecule has 3 rings (SSSR count). The van der Waals surface area contributed by atoms with Gasteiger partial charge in [0.2, 0.25) is 5.91 Å². The number of para-hydroxylation sites is 1. The number of thioether (sulfide) groups is 1. The number of benzene rings is 2. The second kappa shape index (κ2) is 11.2. The first-order valence-electron chi connectivity index (χ1n) is 9.42. The standard InChI is InChI=1S/C21H20Cl2N4O3S/c1-30-19(29)8-5-11-24-18(28)13-31-21-26-25-20(16-10-9-14(22)12-17(16)23)27(21)15-6-3-2-4-7-15/h2-4,6-7,9-10,12H,5,8,11,13H2,1H3,(H,24,28). The number of rotatable bonds is 9. The summed E-state index contributed by atoms with van der Waals surface area (Å²) in [6.45, 7) is 0.394. The number of hydrogen-bond donors (Lipinski definition) is 1. The van der Waals surface area contributed by atoms with Gasteiger partial charge in [-0.1, -0.05) is 53.2 Å². The van der Waals surface area contributed by atoms with Crippen LogP contribution in [0.15, 0.2) is 53.7 Å². The van der Waals surface area contributed by atoms with Crippen molar-refractivity contribution in [3.05, 3.63) is 58.6 Å². The first-order valence-corrected chi connectivity index (χ1v) is 11.2. The molecule has 0 aliphatic heterocycles. The maximum Gasteiger partial charge on any atom is 0.305 e. The second-order valence-corrected chi connectivity index (χ2v) is 8.21. The van der Waals surface area contributed by atoms with Crippen LogP contribution in [0.4, 0.5) is 0 Å². The van der Waals surface area contributed by atoms with Crippen molar-refractivity contribution in [1.29, 1.82) is 0 Å². The monoisotopic (exact) mass is 478 g/mol. The van der Waals surface area contributed by atoms with Crippen LogP contribution in [0, 0.1) is 0 Å². The molecule has 0 saturated carbocycles. The molecule has 0 fully saturated rings. The van der Waals surface area contributed by atoms with Crippen LogP contribution in [0.3, 0.4) is 0 Å². The minimum atomic E-state index is -0.298. The van der Waals surface area contributed by atoms with Gasteiger partial charge in [-0.25, -0.2) is 0 Å². The summed E-state index contributed by atoms with van der Waals surface area (Å²) < 4.78 is 6.43. The lowest BCUT2D eigenvalue weighted by Crippen LogP contribution is -2.26. The molecule has 0 bridgehead atoms. The lowest BCUT2D eigenvalue weighted by Gasteiger charge is -2.11. The molecule has 0 unspecified atom stereocenters. The molecule has 10 heteroatoms. The lowest BCUT2D eigenvalue weighted by atomic mass is 10.2. The van der Waals surface area contributed by atoms with E-state index < -0.39 is 0 Å². The summed E-state index contributed by atoms with van der Waals surface area (Å²) in [6, 6.07) is 14.8. The highest BCUT2D eigenvalue weighted by Gasteiger charge is 2.19.